The lowest BCUT2D eigenvalue weighted by Crippen LogP contribution is -2.54. The molecule has 1 atom stereocenters. The van der Waals surface area contributed by atoms with Gasteiger partial charge in [0.25, 0.3) is 0 Å². The van der Waals surface area contributed by atoms with E-state index in [1.807, 2.05) is 35.4 Å². The molecule has 2 aromatic heterocycles. The van der Waals surface area contributed by atoms with Crippen LogP contribution in [0.5, 0.6) is 0 Å². The summed E-state index contributed by atoms with van der Waals surface area (Å²) in [4.78, 5) is 32.2. The van der Waals surface area contributed by atoms with Gasteiger partial charge in [-0.3, -0.25) is 9.69 Å². The smallest absolute Gasteiger partial charge is 0.244 e. The van der Waals surface area contributed by atoms with Crippen LogP contribution in [0.15, 0.2) is 41.3 Å². The Balaban J connectivity index is 0.00000259. The monoisotopic (exact) mass is 553 g/mol. The molecule has 0 bridgehead atoms. The summed E-state index contributed by atoms with van der Waals surface area (Å²) in [6.45, 7) is 6.24. The summed E-state index contributed by atoms with van der Waals surface area (Å²) < 4.78 is 0.947. The molecular formula is C22H26BrCl2N7O. The molecule has 0 radical (unpaired) electrons. The number of anilines is 1. The lowest BCUT2D eigenvalue weighted by Gasteiger charge is -2.40. The van der Waals surface area contributed by atoms with Crippen LogP contribution < -0.4 is 10.2 Å². The van der Waals surface area contributed by atoms with Crippen LogP contribution >= 0.6 is 39.9 Å². The number of aromatic amines is 1. The number of rotatable bonds is 4. The number of nitrogens with zero attached hydrogens (tertiary/aromatic N) is 5. The van der Waals surface area contributed by atoms with Gasteiger partial charge in [-0.15, -0.1) is 12.4 Å². The van der Waals surface area contributed by atoms with Crippen LogP contribution in [0.1, 0.15) is 11.6 Å². The standard InChI is InChI=1S/C22H25BrClN7O.ClH/c23-17-13-26-20-18(17)21(28-14-27-20)30-9-11-31(12-10-30)22(32)19(29-7-5-25-6-8-29)15-1-3-16(24)4-2-15;/h1-4,13-14,19,25H,5-12H2,(H,26,27,28);1H. The average molecular weight is 555 g/mol. The third kappa shape index (κ3) is 4.97. The fraction of sp³-hybridized carbons (Fsp3) is 0.409. The minimum atomic E-state index is -0.287. The number of halogens is 3. The van der Waals surface area contributed by atoms with E-state index in [0.29, 0.717) is 18.1 Å². The van der Waals surface area contributed by atoms with E-state index in [9.17, 15) is 4.79 Å². The number of aromatic nitrogens is 3. The maximum Gasteiger partial charge on any atom is 0.244 e. The molecule has 3 aromatic rings. The number of benzene rings is 1. The molecule has 1 unspecified atom stereocenters. The highest BCUT2D eigenvalue weighted by Crippen LogP contribution is 2.31. The molecule has 8 nitrogen and oxygen atoms in total. The normalized spacial score (nSPS) is 18.2. The average Bonchev–Trinajstić information content (AvgIpc) is 3.22. The molecule has 0 spiro atoms. The van der Waals surface area contributed by atoms with Gasteiger partial charge in [-0.2, -0.15) is 0 Å². The maximum atomic E-state index is 13.7. The Morgan fingerprint density at radius 1 is 1.03 bits per heavy atom. The Bertz CT molecular complexity index is 1100. The van der Waals surface area contributed by atoms with Gasteiger partial charge in [-0.05, 0) is 33.6 Å². The molecule has 2 aliphatic rings. The lowest BCUT2D eigenvalue weighted by atomic mass is 10.0. The number of hydrogen-bond donors (Lipinski definition) is 2. The number of piperazine rings is 2. The molecule has 2 saturated heterocycles. The zero-order valence-corrected chi connectivity index (χ0v) is 21.2. The van der Waals surface area contributed by atoms with Crippen molar-refractivity contribution >= 4 is 62.7 Å². The summed E-state index contributed by atoms with van der Waals surface area (Å²) in [5.41, 5.74) is 1.80. The lowest BCUT2D eigenvalue weighted by molar-refractivity contribution is -0.138. The van der Waals surface area contributed by atoms with Crippen molar-refractivity contribution < 1.29 is 4.79 Å². The van der Waals surface area contributed by atoms with E-state index >= 15 is 0 Å². The van der Waals surface area contributed by atoms with E-state index in [0.717, 1.165) is 66.2 Å². The second-order valence-electron chi connectivity index (χ2n) is 8.11. The minimum absolute atomic E-state index is 0. The van der Waals surface area contributed by atoms with Gasteiger partial charge in [0.15, 0.2) is 0 Å². The molecule has 11 heteroatoms. The van der Waals surface area contributed by atoms with Crippen molar-refractivity contribution in [1.29, 1.82) is 0 Å². The molecule has 1 aromatic carbocycles. The molecule has 2 aliphatic heterocycles. The number of fused-ring (bicyclic) bond motifs is 1. The molecule has 2 fully saturated rings. The third-order valence-corrected chi connectivity index (χ3v) is 7.11. The van der Waals surface area contributed by atoms with E-state index in [-0.39, 0.29) is 24.4 Å². The number of H-pyrrole nitrogens is 1. The summed E-state index contributed by atoms with van der Waals surface area (Å²) in [6, 6.07) is 7.40. The Morgan fingerprint density at radius 3 is 2.42 bits per heavy atom. The van der Waals surface area contributed by atoms with Gasteiger partial charge < -0.3 is 20.1 Å². The zero-order chi connectivity index (χ0) is 22.1. The number of carbonyl (C=O) groups excluding carboxylic acids is 1. The Kier molecular flexibility index (Phi) is 7.76. The molecule has 0 saturated carbocycles. The molecular weight excluding hydrogens is 529 g/mol. The molecule has 176 valence electrons. The molecule has 4 heterocycles. The van der Waals surface area contributed by atoms with Crippen molar-refractivity contribution in [2.45, 2.75) is 6.04 Å². The van der Waals surface area contributed by atoms with Crippen LogP contribution in [0.4, 0.5) is 5.82 Å². The van der Waals surface area contributed by atoms with Crippen LogP contribution in [-0.4, -0.2) is 83.0 Å². The first-order chi connectivity index (χ1) is 15.6. The van der Waals surface area contributed by atoms with Crippen LogP contribution in [0.3, 0.4) is 0 Å². The summed E-state index contributed by atoms with van der Waals surface area (Å²) in [7, 11) is 0. The maximum absolute atomic E-state index is 13.7. The van der Waals surface area contributed by atoms with E-state index in [4.69, 9.17) is 11.6 Å². The molecule has 2 N–H and O–H groups in total. The van der Waals surface area contributed by atoms with Gasteiger partial charge in [0.05, 0.1) is 5.39 Å². The molecule has 0 aliphatic carbocycles. The first kappa shape index (κ1) is 24.2. The van der Waals surface area contributed by atoms with E-state index < -0.39 is 0 Å². The van der Waals surface area contributed by atoms with Crippen molar-refractivity contribution in [1.82, 2.24) is 30.1 Å². The van der Waals surface area contributed by atoms with Crippen molar-refractivity contribution in [3.63, 3.8) is 0 Å². The second-order valence-corrected chi connectivity index (χ2v) is 9.40. The van der Waals surface area contributed by atoms with Gasteiger partial charge in [-0.25, -0.2) is 9.97 Å². The highest BCUT2D eigenvalue weighted by molar-refractivity contribution is 9.10. The fourth-order valence-electron chi connectivity index (χ4n) is 4.56. The topological polar surface area (TPSA) is 80.4 Å². The van der Waals surface area contributed by atoms with Crippen LogP contribution in [0, 0.1) is 0 Å². The summed E-state index contributed by atoms with van der Waals surface area (Å²) in [5.74, 6) is 1.05. The van der Waals surface area contributed by atoms with Crippen LogP contribution in [0.2, 0.25) is 5.02 Å². The first-order valence-corrected chi connectivity index (χ1v) is 12.0. The van der Waals surface area contributed by atoms with Gasteiger partial charge in [0.1, 0.15) is 23.8 Å². The number of hydrogen-bond acceptors (Lipinski definition) is 6. The zero-order valence-electron chi connectivity index (χ0n) is 18.0. The van der Waals surface area contributed by atoms with Crippen molar-refractivity contribution in [3.8, 4) is 0 Å². The summed E-state index contributed by atoms with van der Waals surface area (Å²) in [6.07, 6.45) is 3.46. The molecule has 5 rings (SSSR count). The number of amides is 1. The largest absolute Gasteiger partial charge is 0.352 e. The quantitative estimate of drug-likeness (QED) is 0.516. The van der Waals surface area contributed by atoms with Crippen molar-refractivity contribution in [2.75, 3.05) is 57.3 Å². The highest BCUT2D eigenvalue weighted by atomic mass is 79.9. The highest BCUT2D eigenvalue weighted by Gasteiger charge is 2.34. The summed E-state index contributed by atoms with van der Waals surface area (Å²) >= 11 is 9.70. The number of nitrogens with one attached hydrogen (secondary N) is 2. The minimum Gasteiger partial charge on any atom is -0.352 e. The SMILES string of the molecule is Cl.O=C(C(c1ccc(Cl)cc1)N1CCNCC1)N1CCN(c2ncnc3[nH]cc(Br)c23)CC1. The number of carbonyl (C=O) groups is 1. The fourth-order valence-corrected chi connectivity index (χ4v) is 5.16. The second kappa shape index (κ2) is 10.6. The summed E-state index contributed by atoms with van der Waals surface area (Å²) in [5, 5.41) is 5.04. The Hall–Kier alpha value is -1.91. The Morgan fingerprint density at radius 2 is 1.73 bits per heavy atom. The predicted octanol–water partition coefficient (Wildman–Crippen LogP) is 3.09. The van der Waals surface area contributed by atoms with Crippen molar-refractivity contribution in [3.05, 3.63) is 51.8 Å². The third-order valence-electron chi connectivity index (χ3n) is 6.23. The van der Waals surface area contributed by atoms with Crippen LogP contribution in [0.25, 0.3) is 11.0 Å². The van der Waals surface area contributed by atoms with E-state index in [1.165, 1.54) is 0 Å². The van der Waals surface area contributed by atoms with Gasteiger partial charge >= 0.3 is 0 Å². The predicted molar refractivity (Wildman–Crippen MR) is 136 cm³/mol. The van der Waals surface area contributed by atoms with Gasteiger partial charge in [0, 0.05) is 68.1 Å². The first-order valence-electron chi connectivity index (χ1n) is 10.8. The van der Waals surface area contributed by atoms with Crippen molar-refractivity contribution in [2.24, 2.45) is 0 Å². The Labute approximate surface area is 212 Å². The van der Waals surface area contributed by atoms with E-state index in [2.05, 4.69) is 46.0 Å². The molecule has 1 amide bonds. The van der Waals surface area contributed by atoms with Crippen LogP contribution in [-0.2, 0) is 4.79 Å². The van der Waals surface area contributed by atoms with Gasteiger partial charge in [0.2, 0.25) is 5.91 Å². The van der Waals surface area contributed by atoms with Gasteiger partial charge in [-0.1, -0.05) is 23.7 Å². The van der Waals surface area contributed by atoms with E-state index in [1.54, 1.807) is 6.33 Å². The molecule has 33 heavy (non-hydrogen) atoms.